The maximum Gasteiger partial charge on any atom is 0.194 e. The molecule has 3 saturated heterocycles. The van der Waals surface area contributed by atoms with Crippen molar-refractivity contribution in [2.24, 2.45) is 10.9 Å². The molecule has 0 bridgehead atoms. The predicted octanol–water partition coefficient (Wildman–Crippen LogP) is 2.45. The monoisotopic (exact) mass is 361 g/mol. The minimum absolute atomic E-state index is 0.285. The quantitative estimate of drug-likeness (QED) is 0.645. The number of fused-ring (bicyclic) bond motifs is 1. The Balaban J connectivity index is 1.36. The number of likely N-dealkylation sites (tertiary alicyclic amines) is 1. The van der Waals surface area contributed by atoms with Gasteiger partial charge in [-0.05, 0) is 44.2 Å². The molecule has 0 radical (unpaired) electrons. The molecule has 6 nitrogen and oxygen atoms in total. The summed E-state index contributed by atoms with van der Waals surface area (Å²) in [5.74, 6) is 2.67. The van der Waals surface area contributed by atoms with Crippen LogP contribution in [0.5, 0.6) is 0 Å². The van der Waals surface area contributed by atoms with Gasteiger partial charge in [-0.25, -0.2) is 0 Å². The summed E-state index contributed by atoms with van der Waals surface area (Å²) in [5, 5.41) is 3.57. The second-order valence-corrected chi connectivity index (χ2v) is 7.60. The summed E-state index contributed by atoms with van der Waals surface area (Å²) in [5.41, 5.74) is 0. The van der Waals surface area contributed by atoms with Crippen molar-refractivity contribution in [2.45, 2.75) is 50.7 Å². The Bertz CT molecular complexity index is 569. The van der Waals surface area contributed by atoms with E-state index in [-0.39, 0.29) is 6.10 Å². The van der Waals surface area contributed by atoms with E-state index in [0.717, 1.165) is 76.8 Å². The number of hydrogen-bond acceptors (Lipinski definition) is 4. The fraction of sp³-hybridized carbons (Fsp3) is 0.750. The Kier molecular flexibility index (Phi) is 6.12. The molecule has 0 aromatic carbocycles. The number of rotatable bonds is 5. The van der Waals surface area contributed by atoms with Gasteiger partial charge in [0.1, 0.15) is 5.76 Å². The van der Waals surface area contributed by atoms with Gasteiger partial charge in [0, 0.05) is 45.2 Å². The van der Waals surface area contributed by atoms with Crippen LogP contribution in [0.25, 0.3) is 0 Å². The standard InChI is InChI=1S/C20H31N3O3/c1-4-16-15-23(10-8-19(16)26-13-1)20(22-14-18-6-3-12-25-18)21-9-7-17-5-2-11-24-17/h2,5,11,16,18-19H,1,3-4,6-10,12-15H2,(H,21,22). The molecule has 0 aliphatic carbocycles. The van der Waals surface area contributed by atoms with Gasteiger partial charge in [0.05, 0.1) is 25.0 Å². The van der Waals surface area contributed by atoms with Gasteiger partial charge in [-0.3, -0.25) is 4.99 Å². The minimum Gasteiger partial charge on any atom is -0.469 e. The number of furan rings is 1. The number of piperidine rings is 1. The lowest BCUT2D eigenvalue weighted by Gasteiger charge is -2.42. The Labute approximate surface area is 155 Å². The average Bonchev–Trinajstić information content (AvgIpc) is 3.38. The summed E-state index contributed by atoms with van der Waals surface area (Å²) in [6, 6.07) is 3.96. The molecule has 3 fully saturated rings. The molecule has 4 heterocycles. The molecular formula is C20H31N3O3. The number of nitrogens with zero attached hydrogens (tertiary/aromatic N) is 2. The molecule has 1 aromatic heterocycles. The molecule has 3 unspecified atom stereocenters. The van der Waals surface area contributed by atoms with E-state index >= 15 is 0 Å². The van der Waals surface area contributed by atoms with E-state index in [0.29, 0.717) is 12.0 Å². The maximum atomic E-state index is 5.96. The van der Waals surface area contributed by atoms with E-state index in [9.17, 15) is 0 Å². The van der Waals surface area contributed by atoms with E-state index in [1.807, 2.05) is 12.1 Å². The molecule has 4 rings (SSSR count). The average molecular weight is 361 g/mol. The number of hydrogen-bond donors (Lipinski definition) is 1. The van der Waals surface area contributed by atoms with E-state index in [1.54, 1.807) is 6.26 Å². The number of nitrogens with one attached hydrogen (secondary N) is 1. The van der Waals surface area contributed by atoms with Gasteiger partial charge >= 0.3 is 0 Å². The van der Waals surface area contributed by atoms with Crippen LogP contribution in [-0.4, -0.2) is 62.5 Å². The van der Waals surface area contributed by atoms with Crippen LogP contribution in [0.2, 0.25) is 0 Å². The largest absolute Gasteiger partial charge is 0.469 e. The van der Waals surface area contributed by atoms with E-state index in [2.05, 4.69) is 10.2 Å². The summed E-state index contributed by atoms with van der Waals surface area (Å²) in [4.78, 5) is 7.34. The van der Waals surface area contributed by atoms with Crippen molar-refractivity contribution in [2.75, 3.05) is 39.4 Å². The van der Waals surface area contributed by atoms with Crippen LogP contribution in [0, 0.1) is 5.92 Å². The number of aliphatic imine (C=N–C) groups is 1. The van der Waals surface area contributed by atoms with Crippen LogP contribution in [0.3, 0.4) is 0 Å². The van der Waals surface area contributed by atoms with Crippen LogP contribution < -0.4 is 5.32 Å². The molecule has 1 aromatic rings. The second kappa shape index (κ2) is 8.91. The van der Waals surface area contributed by atoms with Crippen LogP contribution in [0.4, 0.5) is 0 Å². The van der Waals surface area contributed by atoms with E-state index in [4.69, 9.17) is 18.9 Å². The van der Waals surface area contributed by atoms with E-state index in [1.165, 1.54) is 12.8 Å². The zero-order valence-corrected chi connectivity index (χ0v) is 15.6. The summed E-state index contributed by atoms with van der Waals surface area (Å²) in [7, 11) is 0. The first kappa shape index (κ1) is 17.9. The molecule has 0 spiro atoms. The first-order valence-electron chi connectivity index (χ1n) is 10.2. The second-order valence-electron chi connectivity index (χ2n) is 7.60. The third kappa shape index (κ3) is 4.60. The summed E-state index contributed by atoms with van der Waals surface area (Å²) in [6.07, 6.45) is 9.17. The van der Waals surface area contributed by atoms with E-state index < -0.39 is 0 Å². The smallest absolute Gasteiger partial charge is 0.194 e. The lowest BCUT2D eigenvalue weighted by molar-refractivity contribution is -0.0559. The molecule has 144 valence electrons. The molecule has 26 heavy (non-hydrogen) atoms. The van der Waals surface area contributed by atoms with Crippen molar-refractivity contribution in [3.8, 4) is 0 Å². The van der Waals surface area contributed by atoms with Crippen molar-refractivity contribution >= 4 is 5.96 Å². The van der Waals surface area contributed by atoms with Crippen LogP contribution in [0.15, 0.2) is 27.8 Å². The normalized spacial score (nSPS) is 29.6. The third-order valence-corrected chi connectivity index (χ3v) is 5.72. The summed E-state index contributed by atoms with van der Waals surface area (Å²) < 4.78 is 17.2. The van der Waals surface area contributed by atoms with Gasteiger partial charge in [0.25, 0.3) is 0 Å². The first-order chi connectivity index (χ1) is 12.9. The lowest BCUT2D eigenvalue weighted by atomic mass is 9.88. The van der Waals surface area contributed by atoms with Crippen molar-refractivity contribution in [3.05, 3.63) is 24.2 Å². The fourth-order valence-corrected chi connectivity index (χ4v) is 4.28. The van der Waals surface area contributed by atoms with Gasteiger partial charge in [0.2, 0.25) is 0 Å². The summed E-state index contributed by atoms with van der Waals surface area (Å²) in [6.45, 7) is 5.46. The molecule has 3 aliphatic rings. The first-order valence-corrected chi connectivity index (χ1v) is 10.2. The van der Waals surface area contributed by atoms with Gasteiger partial charge in [0.15, 0.2) is 5.96 Å². The predicted molar refractivity (Wildman–Crippen MR) is 100 cm³/mol. The molecule has 6 heteroatoms. The van der Waals surface area contributed by atoms with Crippen molar-refractivity contribution in [1.82, 2.24) is 10.2 Å². The Morgan fingerprint density at radius 1 is 1.19 bits per heavy atom. The number of ether oxygens (including phenoxy) is 2. The molecule has 3 atom stereocenters. The Morgan fingerprint density at radius 3 is 2.96 bits per heavy atom. The van der Waals surface area contributed by atoms with Crippen LogP contribution >= 0.6 is 0 Å². The highest BCUT2D eigenvalue weighted by Crippen LogP contribution is 2.28. The van der Waals surface area contributed by atoms with Crippen molar-refractivity contribution in [1.29, 1.82) is 0 Å². The molecule has 3 aliphatic heterocycles. The fourth-order valence-electron chi connectivity index (χ4n) is 4.28. The lowest BCUT2D eigenvalue weighted by Crippen LogP contribution is -2.52. The molecule has 0 amide bonds. The summed E-state index contributed by atoms with van der Waals surface area (Å²) >= 11 is 0. The van der Waals surface area contributed by atoms with Crippen molar-refractivity contribution in [3.63, 3.8) is 0 Å². The highest BCUT2D eigenvalue weighted by Gasteiger charge is 2.33. The topological polar surface area (TPSA) is 59.2 Å². The van der Waals surface area contributed by atoms with Crippen molar-refractivity contribution < 1.29 is 13.9 Å². The zero-order chi connectivity index (χ0) is 17.6. The van der Waals surface area contributed by atoms with Gasteiger partial charge in [-0.15, -0.1) is 0 Å². The molecular weight excluding hydrogens is 330 g/mol. The third-order valence-electron chi connectivity index (χ3n) is 5.72. The minimum atomic E-state index is 0.285. The highest BCUT2D eigenvalue weighted by atomic mass is 16.5. The van der Waals surface area contributed by atoms with Gasteiger partial charge < -0.3 is 24.1 Å². The van der Waals surface area contributed by atoms with Crippen LogP contribution in [-0.2, 0) is 15.9 Å². The highest BCUT2D eigenvalue weighted by molar-refractivity contribution is 5.80. The molecule has 0 saturated carbocycles. The molecule has 1 N–H and O–H groups in total. The Hall–Kier alpha value is -1.53. The zero-order valence-electron chi connectivity index (χ0n) is 15.6. The SMILES string of the molecule is c1coc(CCNC(=NCC2CCCO2)N2CCC3OCCCC3C2)c1. The van der Waals surface area contributed by atoms with Gasteiger partial charge in [-0.1, -0.05) is 0 Å². The Morgan fingerprint density at radius 2 is 2.12 bits per heavy atom. The maximum absolute atomic E-state index is 5.96. The number of guanidine groups is 1. The van der Waals surface area contributed by atoms with Gasteiger partial charge in [-0.2, -0.15) is 0 Å². The van der Waals surface area contributed by atoms with Crippen LogP contribution in [0.1, 0.15) is 37.9 Å².